The van der Waals surface area contributed by atoms with E-state index in [2.05, 4.69) is 5.32 Å². The summed E-state index contributed by atoms with van der Waals surface area (Å²) in [7, 11) is -3.97. The van der Waals surface area contributed by atoms with Crippen molar-refractivity contribution in [1.82, 2.24) is 5.32 Å². The number of carbonyl (C=O) groups is 1. The molecule has 2 rings (SSSR count). The number of aryl methyl sites for hydroxylation is 1. The fourth-order valence-corrected chi connectivity index (χ4v) is 3.35. The highest BCUT2D eigenvalue weighted by molar-refractivity contribution is 7.92. The highest BCUT2D eigenvalue weighted by Crippen LogP contribution is 2.22. The number of para-hydroxylation sites is 1. The molecule has 0 spiro atoms. The van der Waals surface area contributed by atoms with Gasteiger partial charge in [-0.05, 0) is 37.6 Å². The van der Waals surface area contributed by atoms with Crippen LogP contribution in [0.15, 0.2) is 42.5 Å². The largest absolute Gasteiger partial charge is 0.491 e. The first-order valence-corrected chi connectivity index (χ1v) is 10.3. The van der Waals surface area contributed by atoms with E-state index < -0.39 is 45.8 Å². The maximum absolute atomic E-state index is 14.0. The van der Waals surface area contributed by atoms with E-state index in [9.17, 15) is 22.0 Å². The molecule has 0 fully saturated rings. The van der Waals surface area contributed by atoms with E-state index in [-0.39, 0.29) is 6.61 Å². The minimum Gasteiger partial charge on any atom is -0.491 e. The normalized spacial score (nSPS) is 12.3. The molecular weight excluding hydrogens is 390 g/mol. The standard InChI is InChI=1S/C19H22F2N2O4S/c1-13-6-4-5-7-18(13)27-12-14(2)22-19(24)11-23(28(3,25)26)17-9-8-15(20)10-16(17)21/h4-10,14H,11-12H2,1-3H3,(H,22,24). The number of hydrogen-bond donors (Lipinski definition) is 1. The number of rotatable bonds is 8. The van der Waals surface area contributed by atoms with Gasteiger partial charge in [-0.15, -0.1) is 0 Å². The molecule has 2 aromatic carbocycles. The van der Waals surface area contributed by atoms with Crippen molar-refractivity contribution in [3.05, 3.63) is 59.7 Å². The summed E-state index contributed by atoms with van der Waals surface area (Å²) in [6.07, 6.45) is 0.841. The van der Waals surface area contributed by atoms with Gasteiger partial charge in [0.15, 0.2) is 0 Å². The van der Waals surface area contributed by atoms with Gasteiger partial charge in [-0.2, -0.15) is 0 Å². The lowest BCUT2D eigenvalue weighted by atomic mass is 10.2. The van der Waals surface area contributed by atoms with Crippen LogP contribution in [0.3, 0.4) is 0 Å². The molecule has 1 amide bonds. The molecule has 0 bridgehead atoms. The molecule has 28 heavy (non-hydrogen) atoms. The maximum atomic E-state index is 14.0. The van der Waals surface area contributed by atoms with Crippen LogP contribution in [0.25, 0.3) is 0 Å². The summed E-state index contributed by atoms with van der Waals surface area (Å²) in [5, 5.41) is 2.61. The zero-order valence-electron chi connectivity index (χ0n) is 15.8. The Balaban J connectivity index is 2.02. The van der Waals surface area contributed by atoms with E-state index >= 15 is 0 Å². The molecule has 0 radical (unpaired) electrons. The lowest BCUT2D eigenvalue weighted by Gasteiger charge is -2.23. The predicted octanol–water partition coefficient (Wildman–Crippen LogP) is 2.62. The highest BCUT2D eigenvalue weighted by atomic mass is 32.2. The molecule has 152 valence electrons. The SMILES string of the molecule is Cc1ccccc1OCC(C)NC(=O)CN(c1ccc(F)cc1F)S(C)(=O)=O. The number of amides is 1. The van der Waals surface area contributed by atoms with Crippen LogP contribution in [-0.2, 0) is 14.8 Å². The average molecular weight is 412 g/mol. The van der Waals surface area contributed by atoms with Crippen LogP contribution in [0.5, 0.6) is 5.75 Å². The zero-order chi connectivity index (χ0) is 20.9. The van der Waals surface area contributed by atoms with Crippen molar-refractivity contribution in [3.8, 4) is 5.75 Å². The smallest absolute Gasteiger partial charge is 0.241 e. The van der Waals surface area contributed by atoms with Crippen LogP contribution in [0.1, 0.15) is 12.5 Å². The van der Waals surface area contributed by atoms with Crippen molar-refractivity contribution in [2.45, 2.75) is 19.9 Å². The molecule has 6 nitrogen and oxygen atoms in total. The molecule has 0 saturated carbocycles. The van der Waals surface area contributed by atoms with Crippen molar-refractivity contribution < 1.29 is 26.7 Å². The first-order chi connectivity index (χ1) is 13.1. The third-order valence-electron chi connectivity index (χ3n) is 3.86. The summed E-state index contributed by atoms with van der Waals surface area (Å²) in [6.45, 7) is 3.11. The minimum absolute atomic E-state index is 0.167. The number of sulfonamides is 1. The fraction of sp³-hybridized carbons (Fsp3) is 0.316. The number of benzene rings is 2. The van der Waals surface area contributed by atoms with E-state index in [1.807, 2.05) is 25.1 Å². The number of halogens is 2. The zero-order valence-corrected chi connectivity index (χ0v) is 16.6. The quantitative estimate of drug-likeness (QED) is 0.723. The Labute approximate surface area is 163 Å². The van der Waals surface area contributed by atoms with Crippen LogP contribution in [-0.4, -0.2) is 39.8 Å². The van der Waals surface area contributed by atoms with Crippen molar-refractivity contribution in [3.63, 3.8) is 0 Å². The van der Waals surface area contributed by atoms with Crippen molar-refractivity contribution in [2.75, 3.05) is 23.7 Å². The van der Waals surface area contributed by atoms with Crippen molar-refractivity contribution in [1.29, 1.82) is 0 Å². The van der Waals surface area contributed by atoms with Gasteiger partial charge in [-0.25, -0.2) is 17.2 Å². The predicted molar refractivity (Wildman–Crippen MR) is 103 cm³/mol. The first-order valence-electron chi connectivity index (χ1n) is 8.48. The second-order valence-corrected chi connectivity index (χ2v) is 8.32. The lowest BCUT2D eigenvalue weighted by Crippen LogP contribution is -2.45. The Kier molecular flexibility index (Phi) is 6.95. The van der Waals surface area contributed by atoms with Gasteiger partial charge in [0.1, 0.15) is 30.5 Å². The Morgan fingerprint density at radius 1 is 1.21 bits per heavy atom. The van der Waals surface area contributed by atoms with Gasteiger partial charge in [-0.3, -0.25) is 9.10 Å². The number of nitrogens with zero attached hydrogens (tertiary/aromatic N) is 1. The summed E-state index contributed by atoms with van der Waals surface area (Å²) in [5.41, 5.74) is 0.541. The lowest BCUT2D eigenvalue weighted by molar-refractivity contribution is -0.120. The molecule has 0 aliphatic rings. The van der Waals surface area contributed by atoms with Crippen LogP contribution in [0.2, 0.25) is 0 Å². The summed E-state index contributed by atoms with van der Waals surface area (Å²) >= 11 is 0. The second kappa shape index (κ2) is 9.01. The van der Waals surface area contributed by atoms with E-state index in [4.69, 9.17) is 4.74 Å². The Hall–Kier alpha value is -2.68. The molecule has 0 aliphatic carbocycles. The number of nitrogens with one attached hydrogen (secondary N) is 1. The van der Waals surface area contributed by atoms with Crippen molar-refractivity contribution in [2.24, 2.45) is 0 Å². The Morgan fingerprint density at radius 2 is 1.89 bits per heavy atom. The van der Waals surface area contributed by atoms with Gasteiger partial charge in [-0.1, -0.05) is 18.2 Å². The number of anilines is 1. The molecule has 0 aliphatic heterocycles. The van der Waals surface area contributed by atoms with E-state index in [1.165, 1.54) is 0 Å². The molecule has 1 N–H and O–H groups in total. The third kappa shape index (κ3) is 5.91. The summed E-state index contributed by atoms with van der Waals surface area (Å²) in [6, 6.07) is 9.42. The topological polar surface area (TPSA) is 75.7 Å². The van der Waals surface area contributed by atoms with E-state index in [0.717, 1.165) is 24.0 Å². The van der Waals surface area contributed by atoms with Crippen LogP contribution >= 0.6 is 0 Å². The van der Waals surface area contributed by atoms with Crippen molar-refractivity contribution >= 4 is 21.6 Å². The van der Waals surface area contributed by atoms with Crippen LogP contribution < -0.4 is 14.4 Å². The molecule has 0 aromatic heterocycles. The third-order valence-corrected chi connectivity index (χ3v) is 4.98. The number of ether oxygens (including phenoxy) is 1. The maximum Gasteiger partial charge on any atom is 0.241 e. The fourth-order valence-electron chi connectivity index (χ4n) is 2.49. The van der Waals surface area contributed by atoms with Gasteiger partial charge in [0.2, 0.25) is 15.9 Å². The monoisotopic (exact) mass is 412 g/mol. The summed E-state index contributed by atoms with van der Waals surface area (Å²) < 4.78 is 57.3. The number of carbonyl (C=O) groups excluding carboxylic acids is 1. The molecular formula is C19H22F2N2O4S. The molecule has 1 atom stereocenters. The van der Waals surface area contributed by atoms with Gasteiger partial charge < -0.3 is 10.1 Å². The molecule has 0 heterocycles. The van der Waals surface area contributed by atoms with E-state index in [0.29, 0.717) is 16.1 Å². The summed E-state index contributed by atoms with van der Waals surface area (Å²) in [5.74, 6) is -1.89. The highest BCUT2D eigenvalue weighted by Gasteiger charge is 2.24. The van der Waals surface area contributed by atoms with Gasteiger partial charge in [0.05, 0.1) is 18.0 Å². The molecule has 1 unspecified atom stereocenters. The van der Waals surface area contributed by atoms with Gasteiger partial charge in [0, 0.05) is 6.07 Å². The van der Waals surface area contributed by atoms with Gasteiger partial charge in [0.25, 0.3) is 0 Å². The first kappa shape index (κ1) is 21.6. The van der Waals surface area contributed by atoms with Crippen LogP contribution in [0.4, 0.5) is 14.5 Å². The Bertz CT molecular complexity index is 951. The Morgan fingerprint density at radius 3 is 2.50 bits per heavy atom. The second-order valence-electron chi connectivity index (χ2n) is 6.41. The molecule has 9 heteroatoms. The van der Waals surface area contributed by atoms with Crippen LogP contribution in [0, 0.1) is 18.6 Å². The van der Waals surface area contributed by atoms with Gasteiger partial charge >= 0.3 is 0 Å². The minimum atomic E-state index is -3.97. The number of hydrogen-bond acceptors (Lipinski definition) is 4. The molecule has 2 aromatic rings. The average Bonchev–Trinajstić information content (AvgIpc) is 2.58. The molecule has 0 saturated heterocycles. The van der Waals surface area contributed by atoms with E-state index in [1.54, 1.807) is 13.0 Å². The summed E-state index contributed by atoms with van der Waals surface area (Å²) in [4.78, 5) is 12.3.